The lowest BCUT2D eigenvalue weighted by atomic mass is 9.92. The molecule has 0 bridgehead atoms. The standard InChI is InChI=1S/C79H116N14O26S3/c1-10-17-66(103)118-43-93(74(109)67(45(5)11-2)89-72(108)59-20-13-15-31-92(59)9)60(44(3)4)39-61(119-48(8)94)73-87-57(41-120-73)71(107)83-52(35-49-26-28-53(95)29-27-49)34-46(6)68(104)90-91-79(116)117-32-33-121-122-42-58(76(112)113)86-70(106)56(38-65(101)102)85-69(105)55(37-64(99)100)84-62(96)36-50-22-24-51(25-23-50)40-81-77(114)80-30-14-12-18-47(7)82-78(115)88-54(75(110)111)19-16-21-63(97)98/h22-29,41,44-47,52,54-56,58-61,67,95H,10-21,30-40,42-43H2,1-9H3,(H,83,107)(H,84,96)(H,85,105)(H,86,106)(H,89,108)(H,90,104)(H,91,116)(H,97,98)(H,99,100)(H,101,102)(H,110,111)(H,112,113)(H2,80,81,114)(H2,82,88,115)/t45?,46-,47+,52+,54-,55-,56-,58-,59+,60+,61+,67-/m0/s1. The Bertz CT molecular complexity index is 4010. The normalized spacial score (nSPS) is 15.2. The molecule has 3 aromatic rings. The van der Waals surface area contributed by atoms with Crippen LogP contribution in [0.1, 0.15) is 196 Å². The minimum absolute atomic E-state index is 0.0145. The van der Waals surface area contributed by atoms with Gasteiger partial charge in [0.1, 0.15) is 53.3 Å². The third-order valence-corrected chi connectivity index (χ3v) is 22.8. The number of urea groups is 2. The molecule has 1 fully saturated rings. The van der Waals surface area contributed by atoms with Crippen LogP contribution < -0.4 is 58.7 Å². The number of aliphatic carboxylic acids is 5. The molecule has 0 radical (unpaired) electrons. The second kappa shape index (κ2) is 54.3. The van der Waals surface area contributed by atoms with Crippen LogP contribution in [0.3, 0.4) is 0 Å². The van der Waals surface area contributed by atoms with E-state index in [9.17, 15) is 102 Å². The minimum Gasteiger partial charge on any atom is -0.508 e. The van der Waals surface area contributed by atoms with Crippen LogP contribution in [0.15, 0.2) is 53.9 Å². The molecule has 1 aliphatic heterocycles. The number of likely N-dealkylation sites (tertiary alicyclic amines) is 1. The fourth-order valence-electron chi connectivity index (χ4n) is 12.6. The Hall–Kier alpha value is -11.1. The van der Waals surface area contributed by atoms with Gasteiger partial charge in [-0.3, -0.25) is 67.9 Å². The zero-order valence-corrected chi connectivity index (χ0v) is 72.2. The minimum atomic E-state index is -1.98. The number of amides is 12. The van der Waals surface area contributed by atoms with Gasteiger partial charge in [0.15, 0.2) is 12.8 Å². The number of hydrogen-bond acceptors (Lipinski definition) is 26. The molecular weight excluding hydrogens is 1660 g/mol. The summed E-state index contributed by atoms with van der Waals surface area (Å²) in [5.74, 6) is -16.1. The van der Waals surface area contributed by atoms with Crippen molar-refractivity contribution in [2.24, 2.45) is 17.8 Å². The summed E-state index contributed by atoms with van der Waals surface area (Å²) in [4.78, 5) is 227. The highest BCUT2D eigenvalue weighted by Crippen LogP contribution is 2.33. The molecule has 2 aromatic carbocycles. The number of carboxylic acids is 5. The Labute approximate surface area is 718 Å². The molecule has 0 spiro atoms. The van der Waals surface area contributed by atoms with Crippen LogP contribution in [0.2, 0.25) is 0 Å². The highest BCUT2D eigenvalue weighted by Gasteiger charge is 2.41. The lowest BCUT2D eigenvalue weighted by Gasteiger charge is -2.39. The Morgan fingerprint density at radius 1 is 0.648 bits per heavy atom. The number of carbonyl (C=O) groups is 17. The van der Waals surface area contributed by atoms with E-state index in [0.717, 1.165) is 45.8 Å². The molecule has 43 heteroatoms. The van der Waals surface area contributed by atoms with E-state index in [1.165, 1.54) is 48.4 Å². The topological polar surface area (TPSA) is 591 Å². The van der Waals surface area contributed by atoms with E-state index in [0.29, 0.717) is 61.8 Å². The molecule has 676 valence electrons. The number of hydrazine groups is 1. The van der Waals surface area contributed by atoms with Crippen LogP contribution in [-0.4, -0.2) is 246 Å². The van der Waals surface area contributed by atoms with Crippen LogP contribution in [0.5, 0.6) is 5.75 Å². The van der Waals surface area contributed by atoms with Crippen molar-refractivity contribution in [1.29, 1.82) is 0 Å². The van der Waals surface area contributed by atoms with Crippen LogP contribution in [-0.2, 0) is 95.9 Å². The number of phenols is 1. The predicted octanol–water partition coefficient (Wildman–Crippen LogP) is 4.61. The Kier molecular flexibility index (Phi) is 46.0. The number of piperidine rings is 1. The summed E-state index contributed by atoms with van der Waals surface area (Å²) < 4.78 is 16.7. The first kappa shape index (κ1) is 103. The molecule has 12 amide bonds. The number of rotatable bonds is 54. The molecule has 2 heterocycles. The number of unbranched alkanes of at least 4 members (excludes halogenated alkanes) is 1. The first-order valence-electron chi connectivity index (χ1n) is 40.1. The van der Waals surface area contributed by atoms with Crippen LogP contribution in [0.4, 0.5) is 14.4 Å². The van der Waals surface area contributed by atoms with Crippen molar-refractivity contribution in [2.75, 3.05) is 45.0 Å². The number of esters is 2. The third kappa shape index (κ3) is 39.2. The number of aromatic hydroxyl groups is 1. The number of aromatic nitrogens is 1. The molecule has 1 aliphatic rings. The van der Waals surface area contributed by atoms with Crippen molar-refractivity contribution >= 4 is 134 Å². The van der Waals surface area contributed by atoms with Gasteiger partial charge in [-0.05, 0) is 125 Å². The summed E-state index contributed by atoms with van der Waals surface area (Å²) in [7, 11) is 3.73. The van der Waals surface area contributed by atoms with Crippen molar-refractivity contribution < 1.29 is 126 Å². The van der Waals surface area contributed by atoms with Crippen LogP contribution in [0, 0.1) is 17.8 Å². The zero-order valence-electron chi connectivity index (χ0n) is 69.8. The molecule has 0 aliphatic carbocycles. The Balaban J connectivity index is 1.28. The van der Waals surface area contributed by atoms with Gasteiger partial charge in [-0.1, -0.05) is 112 Å². The maximum absolute atomic E-state index is 15.0. The highest BCUT2D eigenvalue weighted by molar-refractivity contribution is 8.76. The summed E-state index contributed by atoms with van der Waals surface area (Å²) in [6.07, 6.45) is 0.0390. The molecule has 1 aromatic heterocycles. The molecule has 1 saturated heterocycles. The predicted molar refractivity (Wildman–Crippen MR) is 445 cm³/mol. The van der Waals surface area contributed by atoms with Crippen LogP contribution in [0.25, 0.3) is 0 Å². The first-order valence-corrected chi connectivity index (χ1v) is 43.5. The Morgan fingerprint density at radius 2 is 1.29 bits per heavy atom. The van der Waals surface area contributed by atoms with Gasteiger partial charge in [-0.2, -0.15) is 0 Å². The van der Waals surface area contributed by atoms with E-state index in [-0.39, 0.29) is 116 Å². The van der Waals surface area contributed by atoms with Gasteiger partial charge < -0.3 is 97.6 Å². The fraction of sp³-hybridized carbons (Fsp3) is 0.595. The molecular formula is C79H116N14O26S3. The van der Waals surface area contributed by atoms with Crippen molar-refractivity contribution in [3.8, 4) is 5.75 Å². The average Bonchev–Trinajstić information content (AvgIpc) is 1.21. The van der Waals surface area contributed by atoms with E-state index in [1.54, 1.807) is 38.1 Å². The number of carboxylic acid groups (broad SMARTS) is 5. The van der Waals surface area contributed by atoms with E-state index < -0.39 is 182 Å². The maximum Gasteiger partial charge on any atom is 0.426 e. The SMILES string of the molecule is CCCC(=O)OCN(C(=O)[C@@H](NC(=O)[C@H]1CCCCN1C)C(C)CC)[C@H](C[C@@H](OC(C)=O)c1nc(C(=O)N[C@@H](Cc2ccc(O)cc2)C[C@H](C)C(=O)NNC(=O)OCCSSC[C@H](NC(=O)[C@H](CC(=O)O)NC(=O)[C@H](CC(=O)O)NC(=O)Cc2ccc(CNC(=O)NCCCC[C@@H](C)NC(=O)N[C@@H](CCCC(=O)O)C(=O)O)cc2)C(=O)O)cs1)C(C)C. The maximum atomic E-state index is 15.0. The van der Waals surface area contributed by atoms with E-state index in [4.69, 9.17) is 19.3 Å². The number of ether oxygens (including phenoxy) is 3. The third-order valence-electron chi connectivity index (χ3n) is 19.5. The van der Waals surface area contributed by atoms with Crippen molar-refractivity contribution in [2.45, 2.75) is 238 Å². The number of nitrogens with zero attached hydrogens (tertiary/aromatic N) is 3. The second-order valence-electron chi connectivity index (χ2n) is 29.9. The number of benzene rings is 2. The van der Waals surface area contributed by atoms with Gasteiger partial charge in [0.2, 0.25) is 35.4 Å². The van der Waals surface area contributed by atoms with Crippen molar-refractivity contribution in [3.05, 3.63) is 81.3 Å². The van der Waals surface area contributed by atoms with Gasteiger partial charge >= 0.3 is 59.9 Å². The van der Waals surface area contributed by atoms with Crippen molar-refractivity contribution in [1.82, 2.24) is 73.5 Å². The smallest absolute Gasteiger partial charge is 0.426 e. The van der Waals surface area contributed by atoms with Gasteiger partial charge in [-0.25, -0.2) is 34.4 Å². The van der Waals surface area contributed by atoms with Gasteiger partial charge in [0, 0.05) is 80.2 Å². The molecule has 0 saturated carbocycles. The number of nitrogens with one attached hydrogen (secondary N) is 11. The van der Waals surface area contributed by atoms with Gasteiger partial charge in [-0.15, -0.1) is 11.3 Å². The molecule has 17 N–H and O–H groups in total. The Morgan fingerprint density at radius 3 is 1.89 bits per heavy atom. The number of carbonyl (C=O) groups excluding carboxylic acids is 12. The summed E-state index contributed by atoms with van der Waals surface area (Å²) in [5, 5.41) is 81.9. The van der Waals surface area contributed by atoms with Crippen molar-refractivity contribution in [3.63, 3.8) is 0 Å². The fourth-order valence-corrected chi connectivity index (χ4v) is 15.4. The lowest BCUT2D eigenvalue weighted by molar-refractivity contribution is -0.160. The number of thiazole rings is 1. The summed E-state index contributed by atoms with van der Waals surface area (Å²) in [6, 6.07) is 0.885. The zero-order chi connectivity index (χ0) is 90.7. The van der Waals surface area contributed by atoms with Crippen LogP contribution >= 0.6 is 32.9 Å². The van der Waals surface area contributed by atoms with Gasteiger partial charge in [0.25, 0.3) is 5.91 Å². The molecule has 40 nitrogen and oxygen atoms in total. The summed E-state index contributed by atoms with van der Waals surface area (Å²) in [6.45, 7) is 13.9. The molecule has 4 rings (SSSR count). The average molecular weight is 1770 g/mol. The van der Waals surface area contributed by atoms with E-state index >= 15 is 4.79 Å². The monoisotopic (exact) mass is 1770 g/mol. The molecule has 1 unspecified atom stereocenters. The van der Waals surface area contributed by atoms with E-state index in [1.807, 2.05) is 39.6 Å². The number of hydrogen-bond donors (Lipinski definition) is 17. The van der Waals surface area contributed by atoms with E-state index in [2.05, 4.69) is 63.7 Å². The highest BCUT2D eigenvalue weighted by atomic mass is 33.1. The summed E-state index contributed by atoms with van der Waals surface area (Å²) in [5.41, 5.74) is 5.95. The van der Waals surface area contributed by atoms with Gasteiger partial charge in [0.05, 0.1) is 25.3 Å². The summed E-state index contributed by atoms with van der Waals surface area (Å²) >= 11 is 1.01. The molecule has 122 heavy (non-hydrogen) atoms. The molecule has 12 atom stereocenters. The first-order chi connectivity index (χ1) is 57.8. The number of likely N-dealkylation sites (N-methyl/N-ethyl adjacent to an activating group) is 1. The quantitative estimate of drug-likeness (QED) is 0.00915. The second-order valence-corrected chi connectivity index (χ2v) is 33.4. The lowest BCUT2D eigenvalue weighted by Crippen LogP contribution is -2.59. The largest absolute Gasteiger partial charge is 0.508 e. The number of phenolic OH excluding ortho intramolecular Hbond substituents is 1.